The van der Waals surface area contributed by atoms with Crippen LogP contribution in [0, 0.1) is 35.0 Å². The zero-order valence-electron chi connectivity index (χ0n) is 40.3. The van der Waals surface area contributed by atoms with Gasteiger partial charge in [0.25, 0.3) is 0 Å². The standard InChI is InChI=1S/C52H94N4O4/c1-9-17-28-40(13-5)36-53-48(57)46-35-27-26-34-45(44-32-24-22-21-23-25-33-44)47(49(58)54-37-41(14-6)29-18-10-2)52(46,50(59)55-38-42(15-7)30-19-11-3)51(60)56-39-43(16-8)31-20-12-4/h32,40-43,46H,9-31,33-39H2,1-8H3,(H,53,57)(H,54,58)(H,55,59)(H,56,60)/b44-32-,47-45+. The minimum Gasteiger partial charge on any atom is -0.356 e. The Morgan fingerprint density at radius 1 is 0.550 bits per heavy atom. The molecule has 0 aromatic heterocycles. The van der Waals surface area contributed by atoms with Crippen LogP contribution >= 0.6 is 0 Å². The van der Waals surface area contributed by atoms with E-state index in [1.165, 1.54) is 6.42 Å². The van der Waals surface area contributed by atoms with E-state index >= 15 is 19.2 Å². The van der Waals surface area contributed by atoms with Crippen LogP contribution in [0.1, 0.15) is 222 Å². The fourth-order valence-electron chi connectivity index (χ4n) is 9.70. The van der Waals surface area contributed by atoms with E-state index in [1.54, 1.807) is 0 Å². The molecule has 0 saturated carbocycles. The molecule has 0 fully saturated rings. The summed E-state index contributed by atoms with van der Waals surface area (Å²) >= 11 is 0. The summed E-state index contributed by atoms with van der Waals surface area (Å²) in [5.41, 5.74) is 0.133. The van der Waals surface area contributed by atoms with E-state index in [-0.39, 0.29) is 35.1 Å². The molecular formula is C52H94N4O4. The summed E-state index contributed by atoms with van der Waals surface area (Å²) in [6, 6.07) is 0. The molecule has 4 N–H and O–H groups in total. The topological polar surface area (TPSA) is 116 Å². The van der Waals surface area contributed by atoms with Gasteiger partial charge in [0.1, 0.15) is 0 Å². The van der Waals surface area contributed by atoms with Crippen molar-refractivity contribution >= 4 is 23.6 Å². The number of nitrogens with one attached hydrogen (secondary N) is 4. The molecule has 4 amide bonds. The number of hydrogen-bond acceptors (Lipinski definition) is 4. The maximum Gasteiger partial charge on any atom is 0.249 e. The summed E-state index contributed by atoms with van der Waals surface area (Å²) < 4.78 is 0. The second-order valence-electron chi connectivity index (χ2n) is 18.7. The zero-order chi connectivity index (χ0) is 44.2. The number of hydrogen-bond donors (Lipinski definition) is 4. The van der Waals surface area contributed by atoms with Crippen molar-refractivity contribution in [2.75, 3.05) is 26.2 Å². The first-order valence-corrected chi connectivity index (χ1v) is 25.7. The van der Waals surface area contributed by atoms with Crippen LogP contribution < -0.4 is 21.3 Å². The highest BCUT2D eigenvalue weighted by Crippen LogP contribution is 2.47. The average molecular weight is 839 g/mol. The smallest absolute Gasteiger partial charge is 0.249 e. The first kappa shape index (κ1) is 53.5. The lowest BCUT2D eigenvalue weighted by molar-refractivity contribution is -0.152. The normalized spacial score (nSPS) is 23.0. The lowest BCUT2D eigenvalue weighted by Gasteiger charge is -2.42. The summed E-state index contributed by atoms with van der Waals surface area (Å²) in [5, 5.41) is 13.3. The molecule has 0 saturated heterocycles. The predicted molar refractivity (Wildman–Crippen MR) is 252 cm³/mol. The Bertz CT molecular complexity index is 1270. The second-order valence-corrected chi connectivity index (χ2v) is 18.7. The Morgan fingerprint density at radius 3 is 1.45 bits per heavy atom. The van der Waals surface area contributed by atoms with Crippen LogP contribution in [0.3, 0.4) is 0 Å². The molecule has 8 nitrogen and oxygen atoms in total. The molecule has 0 aromatic rings. The SMILES string of the molecule is CCCCC(CC)CNC(=O)/C1=C(\C2=C/CCCCCC2)CCCCC(C(=O)NCC(CC)CCCC)C1(C(=O)NCC(CC)CCCC)C(=O)NCC(CC)CCCC. The molecule has 0 heterocycles. The summed E-state index contributed by atoms with van der Waals surface area (Å²) in [7, 11) is 0. The second kappa shape index (κ2) is 31.2. The number of carbonyl (C=O) groups excluding carboxylic acids is 4. The van der Waals surface area contributed by atoms with Gasteiger partial charge in [0.2, 0.25) is 23.6 Å². The van der Waals surface area contributed by atoms with Gasteiger partial charge in [-0.2, -0.15) is 0 Å². The van der Waals surface area contributed by atoms with Gasteiger partial charge in [0.05, 0.1) is 5.92 Å². The lowest BCUT2D eigenvalue weighted by Crippen LogP contribution is -2.63. The third-order valence-electron chi connectivity index (χ3n) is 14.2. The number of rotatable bonds is 29. The highest BCUT2D eigenvalue weighted by atomic mass is 16.2. The van der Waals surface area contributed by atoms with Gasteiger partial charge in [-0.3, -0.25) is 19.2 Å². The van der Waals surface area contributed by atoms with Crippen LogP contribution in [0.25, 0.3) is 0 Å². The number of unbranched alkanes of at least 4 members (excludes halogenated alkanes) is 4. The van der Waals surface area contributed by atoms with Crippen molar-refractivity contribution in [1.29, 1.82) is 0 Å². The van der Waals surface area contributed by atoms with Gasteiger partial charge in [0, 0.05) is 31.8 Å². The summed E-state index contributed by atoms with van der Waals surface area (Å²) in [5.74, 6) is -1.59. The lowest BCUT2D eigenvalue weighted by atomic mass is 9.61. The minimum absolute atomic E-state index is 0.232. The van der Waals surface area contributed by atoms with Gasteiger partial charge < -0.3 is 21.3 Å². The van der Waals surface area contributed by atoms with Gasteiger partial charge >= 0.3 is 0 Å². The van der Waals surface area contributed by atoms with Crippen LogP contribution in [-0.2, 0) is 19.2 Å². The molecule has 0 radical (unpaired) electrons. The van der Waals surface area contributed by atoms with Crippen LogP contribution in [0.2, 0.25) is 0 Å². The number of amides is 4. The van der Waals surface area contributed by atoms with E-state index in [0.717, 1.165) is 152 Å². The quantitative estimate of drug-likeness (QED) is 0.0561. The van der Waals surface area contributed by atoms with Crippen molar-refractivity contribution in [3.63, 3.8) is 0 Å². The van der Waals surface area contributed by atoms with E-state index in [1.807, 2.05) is 0 Å². The first-order chi connectivity index (χ1) is 29.1. The van der Waals surface area contributed by atoms with E-state index in [4.69, 9.17) is 0 Å². The van der Waals surface area contributed by atoms with Gasteiger partial charge in [0.15, 0.2) is 5.41 Å². The largest absolute Gasteiger partial charge is 0.356 e. The Morgan fingerprint density at radius 2 is 0.983 bits per heavy atom. The fourth-order valence-corrected chi connectivity index (χ4v) is 9.70. The summed E-state index contributed by atoms with van der Waals surface area (Å²) in [4.78, 5) is 62.5. The fraction of sp³-hybridized carbons (Fsp3) is 0.846. The minimum atomic E-state index is -2.05. The average Bonchev–Trinajstić information content (AvgIpc) is 3.24. The molecule has 8 heteroatoms. The van der Waals surface area contributed by atoms with Crippen molar-refractivity contribution in [1.82, 2.24) is 21.3 Å². The molecule has 0 aromatic carbocycles. The first-order valence-electron chi connectivity index (χ1n) is 25.7. The van der Waals surface area contributed by atoms with Crippen molar-refractivity contribution < 1.29 is 19.2 Å². The zero-order valence-corrected chi connectivity index (χ0v) is 40.3. The van der Waals surface area contributed by atoms with Crippen molar-refractivity contribution in [2.24, 2.45) is 35.0 Å². The van der Waals surface area contributed by atoms with Crippen LogP contribution in [0.4, 0.5) is 0 Å². The van der Waals surface area contributed by atoms with Crippen LogP contribution in [-0.4, -0.2) is 49.8 Å². The summed E-state index contributed by atoms with van der Waals surface area (Å²) in [6.45, 7) is 19.2. The Hall–Kier alpha value is -2.64. The van der Waals surface area contributed by atoms with E-state index in [2.05, 4.69) is 82.7 Å². The molecule has 0 bridgehead atoms. The number of allylic oxidation sites excluding steroid dienone is 3. The third-order valence-corrected chi connectivity index (χ3v) is 14.2. The van der Waals surface area contributed by atoms with E-state index < -0.39 is 23.1 Å². The molecule has 2 aliphatic carbocycles. The molecule has 0 aliphatic heterocycles. The van der Waals surface area contributed by atoms with Crippen LogP contribution in [0.15, 0.2) is 22.8 Å². The molecule has 2 rings (SSSR count). The molecule has 60 heavy (non-hydrogen) atoms. The monoisotopic (exact) mass is 839 g/mol. The molecule has 2 aliphatic rings. The van der Waals surface area contributed by atoms with E-state index in [0.29, 0.717) is 51.4 Å². The van der Waals surface area contributed by atoms with Gasteiger partial charge in [-0.05, 0) is 105 Å². The van der Waals surface area contributed by atoms with E-state index in [9.17, 15) is 0 Å². The Kier molecular flexibility index (Phi) is 27.9. The van der Waals surface area contributed by atoms with Crippen LogP contribution in [0.5, 0.6) is 0 Å². The highest BCUT2D eigenvalue weighted by Gasteiger charge is 2.60. The maximum atomic E-state index is 15.9. The van der Waals surface area contributed by atoms with Crippen molar-refractivity contribution in [3.05, 3.63) is 22.8 Å². The van der Waals surface area contributed by atoms with Crippen molar-refractivity contribution in [2.45, 2.75) is 222 Å². The molecule has 5 atom stereocenters. The molecule has 5 unspecified atom stereocenters. The number of carbonyl (C=O) groups is 4. The molecule has 346 valence electrons. The Balaban J connectivity index is 3.06. The highest BCUT2D eigenvalue weighted by molar-refractivity contribution is 6.19. The third kappa shape index (κ3) is 16.9. The van der Waals surface area contributed by atoms with Crippen molar-refractivity contribution in [3.8, 4) is 0 Å². The molecule has 0 spiro atoms. The van der Waals surface area contributed by atoms with Gasteiger partial charge in [-0.25, -0.2) is 0 Å². The molecular weight excluding hydrogens is 745 g/mol. The maximum absolute atomic E-state index is 15.9. The van der Waals surface area contributed by atoms with Gasteiger partial charge in [-0.15, -0.1) is 0 Å². The summed E-state index contributed by atoms with van der Waals surface area (Å²) in [6.07, 6.45) is 27.0. The predicted octanol–water partition coefficient (Wildman–Crippen LogP) is 12.1. The Labute approximate surface area is 369 Å². The van der Waals surface area contributed by atoms with Gasteiger partial charge in [-0.1, -0.05) is 158 Å².